The predicted molar refractivity (Wildman–Crippen MR) is 118 cm³/mol. The van der Waals surface area contributed by atoms with Gasteiger partial charge in [0.15, 0.2) is 0 Å². The number of carbonyl (C=O) groups is 1. The minimum absolute atomic E-state index is 0.0195. The highest BCUT2D eigenvalue weighted by Crippen LogP contribution is 2.41. The summed E-state index contributed by atoms with van der Waals surface area (Å²) in [4.78, 5) is 15.6. The van der Waals surface area contributed by atoms with E-state index in [1.807, 2.05) is 0 Å². The van der Waals surface area contributed by atoms with Crippen LogP contribution in [0.15, 0.2) is 24.3 Å². The summed E-state index contributed by atoms with van der Waals surface area (Å²) >= 11 is 0. The lowest BCUT2D eigenvalue weighted by atomic mass is 9.77. The summed E-state index contributed by atoms with van der Waals surface area (Å²) in [5, 5.41) is 3.03. The van der Waals surface area contributed by atoms with Crippen molar-refractivity contribution in [1.29, 1.82) is 0 Å². The van der Waals surface area contributed by atoms with E-state index < -0.39 is 11.1 Å². The Morgan fingerprint density at radius 2 is 1.66 bits per heavy atom. The molecule has 4 heteroatoms. The molecule has 1 amide bonds. The molecule has 162 valence electrons. The average molecular weight is 403 g/mol. The third-order valence-electron chi connectivity index (χ3n) is 6.99. The second-order valence-electron chi connectivity index (χ2n) is 10.6. The van der Waals surface area contributed by atoms with Gasteiger partial charge in [-0.15, -0.1) is 0 Å². The van der Waals surface area contributed by atoms with E-state index in [0.29, 0.717) is 18.3 Å². The van der Waals surface area contributed by atoms with Crippen molar-refractivity contribution in [1.82, 2.24) is 10.2 Å². The summed E-state index contributed by atoms with van der Waals surface area (Å²) in [5.74, 6) is 0.0195. The maximum Gasteiger partial charge on any atom is 0.230 e. The lowest BCUT2D eigenvalue weighted by molar-refractivity contribution is -0.127. The van der Waals surface area contributed by atoms with Gasteiger partial charge in [-0.05, 0) is 56.6 Å². The molecule has 2 fully saturated rings. The first-order valence-corrected chi connectivity index (χ1v) is 11.4. The molecule has 0 unspecified atom stereocenters. The molecule has 1 aliphatic carbocycles. The molecule has 29 heavy (non-hydrogen) atoms. The van der Waals surface area contributed by atoms with Crippen LogP contribution < -0.4 is 5.32 Å². The van der Waals surface area contributed by atoms with Gasteiger partial charge in [0.1, 0.15) is 5.67 Å². The zero-order valence-electron chi connectivity index (χ0n) is 18.8. The zero-order valence-corrected chi connectivity index (χ0v) is 18.8. The Kier molecular flexibility index (Phi) is 6.72. The van der Waals surface area contributed by atoms with E-state index in [2.05, 4.69) is 62.2 Å². The topological polar surface area (TPSA) is 32.3 Å². The Hall–Kier alpha value is -1.42. The van der Waals surface area contributed by atoms with Crippen molar-refractivity contribution in [2.24, 2.45) is 5.41 Å². The monoisotopic (exact) mass is 402 g/mol. The van der Waals surface area contributed by atoms with Crippen LogP contribution in [0.3, 0.4) is 0 Å². The molecule has 1 saturated heterocycles. The van der Waals surface area contributed by atoms with Crippen LogP contribution >= 0.6 is 0 Å². The quantitative estimate of drug-likeness (QED) is 0.712. The molecule has 0 radical (unpaired) electrons. The fraction of sp³-hybridized carbons (Fsp3) is 0.720. The molecule has 3 nitrogen and oxygen atoms in total. The second kappa shape index (κ2) is 8.75. The molecule has 1 aromatic carbocycles. The number of halogens is 1. The normalized spacial score (nSPS) is 21.8. The molecule has 1 aliphatic heterocycles. The molecule has 0 aromatic heterocycles. The maximum absolute atomic E-state index is 15.4. The molecule has 1 heterocycles. The molecular weight excluding hydrogens is 363 g/mol. The number of nitrogens with zero attached hydrogens (tertiary/aromatic N) is 1. The predicted octanol–water partition coefficient (Wildman–Crippen LogP) is 5.16. The summed E-state index contributed by atoms with van der Waals surface area (Å²) in [5.41, 5.74) is 0.841. The Bertz CT molecular complexity index is 678. The summed E-state index contributed by atoms with van der Waals surface area (Å²) < 4.78 is 15.4. The maximum atomic E-state index is 15.4. The number of likely N-dealkylation sites (tertiary alicyclic amines) is 1. The van der Waals surface area contributed by atoms with Gasteiger partial charge in [-0.1, -0.05) is 63.4 Å². The van der Waals surface area contributed by atoms with E-state index in [-0.39, 0.29) is 12.5 Å². The first-order valence-electron chi connectivity index (χ1n) is 11.4. The van der Waals surface area contributed by atoms with Crippen LogP contribution in [-0.2, 0) is 10.2 Å². The fourth-order valence-electron chi connectivity index (χ4n) is 4.75. The molecule has 0 bridgehead atoms. The van der Waals surface area contributed by atoms with Crippen LogP contribution in [0.4, 0.5) is 4.39 Å². The number of alkyl halides is 1. The van der Waals surface area contributed by atoms with Gasteiger partial charge in [0, 0.05) is 13.1 Å². The Morgan fingerprint density at radius 1 is 1.07 bits per heavy atom. The molecule has 2 aliphatic rings. The lowest BCUT2D eigenvalue weighted by Crippen LogP contribution is -2.51. The third kappa shape index (κ3) is 5.59. The van der Waals surface area contributed by atoms with Crippen LogP contribution in [0, 0.1) is 12.3 Å². The number of nitrogens with one attached hydrogen (secondary N) is 1. The van der Waals surface area contributed by atoms with Crippen molar-refractivity contribution in [2.45, 2.75) is 83.7 Å². The number of hydrogen-bond acceptors (Lipinski definition) is 2. The highest BCUT2D eigenvalue weighted by Gasteiger charge is 2.44. The number of carbonyl (C=O) groups excluding carboxylic acids is 1. The number of aryl methyl sites for hydroxylation is 1. The minimum atomic E-state index is -1.28. The van der Waals surface area contributed by atoms with Gasteiger partial charge in [0.05, 0.1) is 12.0 Å². The Balaban J connectivity index is 1.56. The van der Waals surface area contributed by atoms with E-state index in [1.165, 1.54) is 5.56 Å². The molecule has 1 N–H and O–H groups in total. The summed E-state index contributed by atoms with van der Waals surface area (Å²) in [6, 6.07) is 8.32. The number of hydrogen-bond donors (Lipinski definition) is 1. The van der Waals surface area contributed by atoms with Gasteiger partial charge in [-0.25, -0.2) is 4.39 Å². The molecule has 0 spiro atoms. The van der Waals surface area contributed by atoms with Crippen LogP contribution in [-0.4, -0.2) is 42.7 Å². The highest BCUT2D eigenvalue weighted by atomic mass is 19.1. The largest absolute Gasteiger partial charge is 0.352 e. The van der Waals surface area contributed by atoms with E-state index in [0.717, 1.165) is 57.3 Å². The number of amides is 1. The van der Waals surface area contributed by atoms with Crippen molar-refractivity contribution in [3.05, 3.63) is 35.4 Å². The molecule has 1 saturated carbocycles. The number of piperidine rings is 1. The first kappa shape index (κ1) is 22.3. The average Bonchev–Trinajstić information content (AvgIpc) is 3.17. The van der Waals surface area contributed by atoms with Crippen molar-refractivity contribution in [3.8, 4) is 0 Å². The molecule has 1 aromatic rings. The SMILES string of the molecule is Cc1ccc(C2(C(=O)NCC3(F)CCN(CCC(C)(C)C)CC3)CCCC2)cc1. The van der Waals surface area contributed by atoms with E-state index in [9.17, 15) is 4.79 Å². The van der Waals surface area contributed by atoms with Gasteiger partial charge in [-0.2, -0.15) is 0 Å². The summed E-state index contributed by atoms with van der Waals surface area (Å²) in [7, 11) is 0. The van der Waals surface area contributed by atoms with Crippen LogP contribution in [0.2, 0.25) is 0 Å². The van der Waals surface area contributed by atoms with E-state index >= 15 is 4.39 Å². The van der Waals surface area contributed by atoms with Gasteiger partial charge < -0.3 is 10.2 Å². The van der Waals surface area contributed by atoms with E-state index in [1.54, 1.807) is 0 Å². The third-order valence-corrected chi connectivity index (χ3v) is 6.99. The second-order valence-corrected chi connectivity index (χ2v) is 10.6. The van der Waals surface area contributed by atoms with Gasteiger partial charge in [0.2, 0.25) is 5.91 Å². The van der Waals surface area contributed by atoms with Gasteiger partial charge in [0.25, 0.3) is 0 Å². The Labute approximate surface area is 176 Å². The standard InChI is InChI=1S/C25H39FN2O/c1-20-7-9-21(10-8-20)25(11-5-6-12-25)22(29)27-19-24(26)14-17-28(18-15-24)16-13-23(2,3)4/h7-10H,5-6,11-19H2,1-4H3,(H,27,29). The van der Waals surface area contributed by atoms with Crippen molar-refractivity contribution in [3.63, 3.8) is 0 Å². The van der Waals surface area contributed by atoms with Crippen LogP contribution in [0.1, 0.15) is 76.8 Å². The van der Waals surface area contributed by atoms with Crippen LogP contribution in [0.5, 0.6) is 0 Å². The zero-order chi connectivity index (χ0) is 21.1. The number of benzene rings is 1. The smallest absolute Gasteiger partial charge is 0.230 e. The van der Waals surface area contributed by atoms with E-state index in [4.69, 9.17) is 0 Å². The minimum Gasteiger partial charge on any atom is -0.352 e. The van der Waals surface area contributed by atoms with Crippen LogP contribution in [0.25, 0.3) is 0 Å². The van der Waals surface area contributed by atoms with Crippen molar-refractivity contribution in [2.75, 3.05) is 26.2 Å². The number of rotatable bonds is 6. The summed E-state index contributed by atoms with van der Waals surface area (Å²) in [6.07, 6.45) is 5.99. The Morgan fingerprint density at radius 3 is 2.21 bits per heavy atom. The van der Waals surface area contributed by atoms with Gasteiger partial charge >= 0.3 is 0 Å². The van der Waals surface area contributed by atoms with Crippen molar-refractivity contribution >= 4 is 5.91 Å². The molecule has 3 rings (SSSR count). The highest BCUT2D eigenvalue weighted by molar-refractivity contribution is 5.88. The first-order chi connectivity index (χ1) is 13.6. The molecular formula is C25H39FN2O. The lowest BCUT2D eigenvalue weighted by Gasteiger charge is -2.38. The fourth-order valence-corrected chi connectivity index (χ4v) is 4.75. The summed E-state index contributed by atoms with van der Waals surface area (Å²) in [6.45, 7) is 11.6. The van der Waals surface area contributed by atoms with Crippen molar-refractivity contribution < 1.29 is 9.18 Å². The van der Waals surface area contributed by atoms with Gasteiger partial charge in [-0.3, -0.25) is 4.79 Å². The molecule has 0 atom stereocenters.